The van der Waals surface area contributed by atoms with E-state index < -0.39 is 0 Å². The molecule has 0 fully saturated rings. The van der Waals surface area contributed by atoms with Crippen LogP contribution in [-0.2, 0) is 14.2 Å². The van der Waals surface area contributed by atoms with Gasteiger partial charge in [-0.15, -0.1) is 0 Å². The van der Waals surface area contributed by atoms with E-state index in [1.807, 2.05) is 0 Å². The standard InChI is InChI=1S/C6H12Br2O3/c1-9-3-5(7)11-6(8)4-10-2/h5-6H,3-4H2,1-2H3. The highest BCUT2D eigenvalue weighted by Crippen LogP contribution is 2.10. The van der Waals surface area contributed by atoms with Crippen LogP contribution < -0.4 is 0 Å². The fourth-order valence-electron chi connectivity index (χ4n) is 0.501. The third-order valence-corrected chi connectivity index (χ3v) is 1.85. The number of ether oxygens (including phenoxy) is 3. The van der Waals surface area contributed by atoms with Crippen LogP contribution in [0.15, 0.2) is 0 Å². The molecule has 2 unspecified atom stereocenters. The summed E-state index contributed by atoms with van der Waals surface area (Å²) in [4.78, 5) is 0. The maximum Gasteiger partial charge on any atom is 0.137 e. The molecule has 0 aromatic carbocycles. The third-order valence-electron chi connectivity index (χ3n) is 0.891. The molecule has 0 saturated heterocycles. The summed E-state index contributed by atoms with van der Waals surface area (Å²) in [7, 11) is 3.24. The Kier molecular flexibility index (Phi) is 8.06. The molecule has 0 saturated carbocycles. The quantitative estimate of drug-likeness (QED) is 0.698. The summed E-state index contributed by atoms with van der Waals surface area (Å²) in [5.41, 5.74) is 0. The second-order valence-corrected chi connectivity index (χ2v) is 3.91. The first-order valence-electron chi connectivity index (χ1n) is 3.12. The van der Waals surface area contributed by atoms with Crippen molar-refractivity contribution in [2.45, 2.75) is 10.0 Å². The molecule has 0 N–H and O–H groups in total. The van der Waals surface area contributed by atoms with Crippen molar-refractivity contribution in [3.63, 3.8) is 0 Å². The van der Waals surface area contributed by atoms with Gasteiger partial charge in [0.05, 0.1) is 13.2 Å². The van der Waals surface area contributed by atoms with Gasteiger partial charge in [-0.3, -0.25) is 0 Å². The zero-order chi connectivity index (χ0) is 8.69. The van der Waals surface area contributed by atoms with E-state index in [0.717, 1.165) is 0 Å². The zero-order valence-electron chi connectivity index (χ0n) is 6.55. The van der Waals surface area contributed by atoms with Crippen molar-refractivity contribution in [3.8, 4) is 0 Å². The molecule has 0 bridgehead atoms. The zero-order valence-corrected chi connectivity index (χ0v) is 9.72. The lowest BCUT2D eigenvalue weighted by Crippen LogP contribution is -2.20. The van der Waals surface area contributed by atoms with Crippen molar-refractivity contribution in [2.24, 2.45) is 0 Å². The van der Waals surface area contributed by atoms with Crippen LogP contribution in [0.5, 0.6) is 0 Å². The SMILES string of the molecule is COCC(Br)OC(Br)COC. The molecule has 3 nitrogen and oxygen atoms in total. The first-order valence-corrected chi connectivity index (χ1v) is 4.95. The summed E-state index contributed by atoms with van der Waals surface area (Å²) in [6.45, 7) is 1.04. The van der Waals surface area contributed by atoms with E-state index in [0.29, 0.717) is 13.2 Å². The lowest BCUT2D eigenvalue weighted by atomic mass is 10.7. The Labute approximate surface area is 83.6 Å². The smallest absolute Gasteiger partial charge is 0.137 e. The second kappa shape index (κ2) is 7.49. The summed E-state index contributed by atoms with van der Waals surface area (Å²) in [6.07, 6.45) is 0. The third kappa shape index (κ3) is 7.21. The Morgan fingerprint density at radius 1 is 1.00 bits per heavy atom. The number of hydrogen-bond acceptors (Lipinski definition) is 3. The molecule has 0 aliphatic carbocycles. The van der Waals surface area contributed by atoms with Crippen LogP contribution in [-0.4, -0.2) is 37.5 Å². The van der Waals surface area contributed by atoms with Gasteiger partial charge in [0.2, 0.25) is 0 Å². The molecule has 11 heavy (non-hydrogen) atoms. The van der Waals surface area contributed by atoms with E-state index >= 15 is 0 Å². The van der Waals surface area contributed by atoms with Crippen molar-refractivity contribution < 1.29 is 14.2 Å². The average molecular weight is 292 g/mol. The topological polar surface area (TPSA) is 27.7 Å². The van der Waals surface area contributed by atoms with Gasteiger partial charge in [-0.2, -0.15) is 0 Å². The number of hydrogen-bond donors (Lipinski definition) is 0. The van der Waals surface area contributed by atoms with E-state index in [1.54, 1.807) is 14.2 Å². The summed E-state index contributed by atoms with van der Waals surface area (Å²) < 4.78 is 15.0. The van der Waals surface area contributed by atoms with Gasteiger partial charge in [-0.1, -0.05) is 31.9 Å². The average Bonchev–Trinajstić information content (AvgIpc) is 1.87. The van der Waals surface area contributed by atoms with Crippen LogP contribution >= 0.6 is 31.9 Å². The molecule has 0 rings (SSSR count). The molecule has 0 radical (unpaired) electrons. The Morgan fingerprint density at radius 3 is 1.64 bits per heavy atom. The predicted molar refractivity (Wildman–Crippen MR) is 50.3 cm³/mol. The fraction of sp³-hybridized carbons (Fsp3) is 1.00. The first kappa shape index (κ1) is 11.8. The van der Waals surface area contributed by atoms with Crippen molar-refractivity contribution in [2.75, 3.05) is 27.4 Å². The van der Waals surface area contributed by atoms with Crippen LogP contribution in [0.4, 0.5) is 0 Å². The molecule has 0 aromatic heterocycles. The maximum absolute atomic E-state index is 5.31. The van der Waals surface area contributed by atoms with Gasteiger partial charge < -0.3 is 14.2 Å². The normalized spacial score (nSPS) is 16.4. The van der Waals surface area contributed by atoms with Crippen LogP contribution in [0, 0.1) is 0 Å². The number of halogens is 2. The minimum atomic E-state index is -0.0907. The van der Waals surface area contributed by atoms with Gasteiger partial charge in [-0.25, -0.2) is 0 Å². The Balaban J connectivity index is 3.32. The lowest BCUT2D eigenvalue weighted by molar-refractivity contribution is 0.0106. The molecule has 0 heterocycles. The first-order chi connectivity index (χ1) is 5.20. The number of methoxy groups -OCH3 is 2. The number of rotatable bonds is 6. The van der Waals surface area contributed by atoms with Gasteiger partial charge in [0, 0.05) is 14.2 Å². The van der Waals surface area contributed by atoms with Crippen LogP contribution in [0.1, 0.15) is 0 Å². The molecule has 0 spiro atoms. The van der Waals surface area contributed by atoms with E-state index in [9.17, 15) is 0 Å². The lowest BCUT2D eigenvalue weighted by Gasteiger charge is -2.14. The molecule has 0 aliphatic heterocycles. The van der Waals surface area contributed by atoms with Crippen molar-refractivity contribution >= 4 is 31.9 Å². The molecule has 0 aromatic rings. The monoisotopic (exact) mass is 290 g/mol. The van der Waals surface area contributed by atoms with Crippen LogP contribution in [0.3, 0.4) is 0 Å². The van der Waals surface area contributed by atoms with Gasteiger partial charge >= 0.3 is 0 Å². The van der Waals surface area contributed by atoms with Gasteiger partial charge in [0.15, 0.2) is 0 Å². The minimum Gasteiger partial charge on any atom is -0.381 e. The summed E-state index contributed by atoms with van der Waals surface area (Å²) in [5, 5.41) is -0.181. The van der Waals surface area contributed by atoms with Gasteiger partial charge in [0.25, 0.3) is 0 Å². The predicted octanol–water partition coefficient (Wildman–Crippen LogP) is 1.74. The highest BCUT2D eigenvalue weighted by atomic mass is 79.9. The summed E-state index contributed by atoms with van der Waals surface area (Å²) in [5.74, 6) is 0. The van der Waals surface area contributed by atoms with Crippen LogP contribution in [0.25, 0.3) is 0 Å². The fourth-order valence-corrected chi connectivity index (χ4v) is 1.84. The summed E-state index contributed by atoms with van der Waals surface area (Å²) in [6, 6.07) is 0. The van der Waals surface area contributed by atoms with Gasteiger partial charge in [0.1, 0.15) is 10.0 Å². The maximum atomic E-state index is 5.31. The van der Waals surface area contributed by atoms with E-state index in [2.05, 4.69) is 31.9 Å². The number of alkyl halides is 2. The van der Waals surface area contributed by atoms with E-state index in [4.69, 9.17) is 14.2 Å². The molecular formula is C6H12Br2O3. The molecule has 5 heteroatoms. The van der Waals surface area contributed by atoms with Gasteiger partial charge in [-0.05, 0) is 0 Å². The second-order valence-electron chi connectivity index (χ2n) is 1.87. The Morgan fingerprint density at radius 2 is 1.36 bits per heavy atom. The highest BCUT2D eigenvalue weighted by molar-refractivity contribution is 9.10. The van der Waals surface area contributed by atoms with E-state index in [-0.39, 0.29) is 10.0 Å². The van der Waals surface area contributed by atoms with E-state index in [1.165, 1.54) is 0 Å². The highest BCUT2D eigenvalue weighted by Gasteiger charge is 2.09. The van der Waals surface area contributed by atoms with Crippen molar-refractivity contribution in [1.82, 2.24) is 0 Å². The molecule has 68 valence electrons. The molecule has 2 atom stereocenters. The molecular weight excluding hydrogens is 280 g/mol. The van der Waals surface area contributed by atoms with Crippen LogP contribution in [0.2, 0.25) is 0 Å². The Hall–Kier alpha value is 0.840. The minimum absolute atomic E-state index is 0.0907. The van der Waals surface area contributed by atoms with Crippen molar-refractivity contribution in [1.29, 1.82) is 0 Å². The molecule has 0 aliphatic rings. The van der Waals surface area contributed by atoms with Crippen molar-refractivity contribution in [3.05, 3.63) is 0 Å². The largest absolute Gasteiger partial charge is 0.381 e. The summed E-state index contributed by atoms with van der Waals surface area (Å²) >= 11 is 6.55. The Bertz CT molecular complexity index is 81.9. The molecule has 0 amide bonds.